The summed E-state index contributed by atoms with van der Waals surface area (Å²) < 4.78 is 0. The Balaban J connectivity index is 0. The molecule has 1 unspecified atom stereocenters. The van der Waals surface area contributed by atoms with Gasteiger partial charge in [-0.3, -0.25) is 0 Å². The molecule has 0 rings (SSSR count). The van der Waals surface area contributed by atoms with Gasteiger partial charge in [0.1, 0.15) is 0 Å². The van der Waals surface area contributed by atoms with Crippen LogP contribution in [-0.4, -0.2) is 0 Å². The van der Waals surface area contributed by atoms with Crippen molar-refractivity contribution in [2.75, 3.05) is 0 Å². The maximum Gasteiger partial charge on any atom is -0.0230 e. The van der Waals surface area contributed by atoms with Gasteiger partial charge in [-0.15, -0.1) is 19.7 Å². The first-order chi connectivity index (χ1) is 5.31. The van der Waals surface area contributed by atoms with Gasteiger partial charge in [-0.25, -0.2) is 0 Å². The van der Waals surface area contributed by atoms with E-state index in [1.165, 1.54) is 0 Å². The lowest BCUT2D eigenvalue weighted by Gasteiger charge is -1.97. The predicted molar refractivity (Wildman–Crippen MR) is 54.7 cm³/mol. The van der Waals surface area contributed by atoms with E-state index in [0.717, 1.165) is 12.8 Å². The number of rotatable bonds is 4. The van der Waals surface area contributed by atoms with Gasteiger partial charge in [-0.05, 0) is 18.8 Å². The molecule has 0 nitrogen and oxygen atoms in total. The zero-order chi connectivity index (χ0) is 9.11. The minimum atomic E-state index is 0.632. The van der Waals surface area contributed by atoms with E-state index in [1.807, 2.05) is 6.08 Å². The maximum absolute atomic E-state index is 3.71. The van der Waals surface area contributed by atoms with Crippen LogP contribution >= 0.6 is 0 Å². The van der Waals surface area contributed by atoms with Crippen LogP contribution in [0.2, 0.25) is 0 Å². The van der Waals surface area contributed by atoms with Crippen LogP contribution in [0.5, 0.6) is 0 Å². The molecule has 0 fully saturated rings. The second-order valence-corrected chi connectivity index (χ2v) is 2.33. The number of hydrogen-bond acceptors (Lipinski definition) is 0. The van der Waals surface area contributed by atoms with Crippen LogP contribution in [0.25, 0.3) is 0 Å². The van der Waals surface area contributed by atoms with Gasteiger partial charge >= 0.3 is 0 Å². The summed E-state index contributed by atoms with van der Waals surface area (Å²) >= 11 is 0. The summed E-state index contributed by atoms with van der Waals surface area (Å²) in [5.41, 5.74) is 0. The van der Waals surface area contributed by atoms with E-state index in [4.69, 9.17) is 0 Å². The number of allylic oxidation sites excluding steroid dienone is 3. The third-order valence-corrected chi connectivity index (χ3v) is 1.31. The molecule has 0 saturated heterocycles. The molecule has 0 aliphatic carbocycles. The fourth-order valence-electron chi connectivity index (χ4n) is 0.574. The van der Waals surface area contributed by atoms with Crippen LogP contribution in [0.3, 0.4) is 0 Å². The summed E-state index contributed by atoms with van der Waals surface area (Å²) in [5, 5.41) is 0. The Hall–Kier alpha value is -0.780. The molecule has 0 N–H and O–H groups in total. The third-order valence-electron chi connectivity index (χ3n) is 1.31. The van der Waals surface area contributed by atoms with E-state index >= 15 is 0 Å². The van der Waals surface area contributed by atoms with Gasteiger partial charge in [-0.2, -0.15) is 0 Å². The van der Waals surface area contributed by atoms with E-state index in [0.29, 0.717) is 5.92 Å². The van der Waals surface area contributed by atoms with Gasteiger partial charge in [-0.1, -0.05) is 32.1 Å². The molecular weight excluding hydrogens is 132 g/mol. The molecule has 11 heavy (non-hydrogen) atoms. The zero-order valence-corrected chi connectivity index (χ0v) is 7.84. The normalized spacial score (nSPS) is 11.8. The molecule has 0 radical (unpaired) electrons. The highest BCUT2D eigenvalue weighted by molar-refractivity contribution is 4.87. The van der Waals surface area contributed by atoms with Crippen molar-refractivity contribution in [3.63, 3.8) is 0 Å². The van der Waals surface area contributed by atoms with Crippen molar-refractivity contribution in [3.05, 3.63) is 38.0 Å². The molecule has 0 aromatic carbocycles. The van der Waals surface area contributed by atoms with Gasteiger partial charge < -0.3 is 0 Å². The summed E-state index contributed by atoms with van der Waals surface area (Å²) in [7, 11) is 0. The standard InChI is InChI=1S/C9H16.C2H4/c1-4-6-7-8-9(3)5-2;1-2/h5-7,9H,2,4,8H2,1,3H3;1-2H2. The smallest absolute Gasteiger partial charge is 0.0230 e. The molecule has 0 aromatic rings. The van der Waals surface area contributed by atoms with Crippen LogP contribution in [-0.2, 0) is 0 Å². The van der Waals surface area contributed by atoms with Gasteiger partial charge in [0, 0.05) is 0 Å². The van der Waals surface area contributed by atoms with Gasteiger partial charge in [0.15, 0.2) is 0 Å². The first kappa shape index (κ1) is 12.9. The lowest BCUT2D eigenvalue weighted by Crippen LogP contribution is -1.83. The van der Waals surface area contributed by atoms with Crippen molar-refractivity contribution in [3.8, 4) is 0 Å². The van der Waals surface area contributed by atoms with Crippen molar-refractivity contribution in [1.29, 1.82) is 0 Å². The first-order valence-corrected chi connectivity index (χ1v) is 4.08. The van der Waals surface area contributed by atoms with Crippen molar-refractivity contribution in [2.45, 2.75) is 26.7 Å². The molecule has 0 bridgehead atoms. The minimum Gasteiger partial charge on any atom is -0.106 e. The molecule has 0 aliphatic rings. The SMILES string of the molecule is C=C.C=CC(C)CC=CCC. The highest BCUT2D eigenvalue weighted by Crippen LogP contribution is 2.02. The molecule has 0 saturated carbocycles. The Morgan fingerprint density at radius 3 is 2.18 bits per heavy atom. The van der Waals surface area contributed by atoms with Gasteiger partial charge in [0.2, 0.25) is 0 Å². The Kier molecular flexibility index (Phi) is 14.0. The third kappa shape index (κ3) is 12.4. The van der Waals surface area contributed by atoms with E-state index in [-0.39, 0.29) is 0 Å². The first-order valence-electron chi connectivity index (χ1n) is 4.08. The van der Waals surface area contributed by atoms with Crippen LogP contribution in [0.15, 0.2) is 38.0 Å². The average Bonchev–Trinajstić information content (AvgIpc) is 2.08. The number of hydrogen-bond donors (Lipinski definition) is 0. The summed E-state index contributed by atoms with van der Waals surface area (Å²) in [6.45, 7) is 14.0. The molecule has 0 amide bonds. The van der Waals surface area contributed by atoms with E-state index < -0.39 is 0 Å². The average molecular weight is 152 g/mol. The Morgan fingerprint density at radius 2 is 1.82 bits per heavy atom. The molecule has 0 aliphatic heterocycles. The highest BCUT2D eigenvalue weighted by Gasteiger charge is 1.88. The van der Waals surface area contributed by atoms with Crippen molar-refractivity contribution in [2.24, 2.45) is 5.92 Å². The summed E-state index contributed by atoms with van der Waals surface area (Å²) in [6, 6.07) is 0. The molecular formula is C11H20. The summed E-state index contributed by atoms with van der Waals surface area (Å²) in [5.74, 6) is 0.632. The monoisotopic (exact) mass is 152 g/mol. The summed E-state index contributed by atoms with van der Waals surface area (Å²) in [6.07, 6.45) is 8.67. The molecule has 0 spiro atoms. The Bertz CT molecular complexity index is 101. The van der Waals surface area contributed by atoms with Crippen LogP contribution in [0, 0.1) is 5.92 Å². The fraction of sp³-hybridized carbons (Fsp3) is 0.455. The Labute approximate surface area is 71.3 Å². The van der Waals surface area contributed by atoms with E-state index in [1.54, 1.807) is 0 Å². The molecule has 0 aromatic heterocycles. The van der Waals surface area contributed by atoms with Gasteiger partial charge in [0.05, 0.1) is 0 Å². The Morgan fingerprint density at radius 1 is 1.27 bits per heavy atom. The molecule has 1 atom stereocenters. The van der Waals surface area contributed by atoms with E-state index in [9.17, 15) is 0 Å². The van der Waals surface area contributed by atoms with E-state index in [2.05, 4.69) is 45.7 Å². The van der Waals surface area contributed by atoms with Crippen molar-refractivity contribution >= 4 is 0 Å². The summed E-state index contributed by atoms with van der Waals surface area (Å²) in [4.78, 5) is 0. The van der Waals surface area contributed by atoms with Crippen LogP contribution in [0.1, 0.15) is 26.7 Å². The fourth-order valence-corrected chi connectivity index (χ4v) is 0.574. The largest absolute Gasteiger partial charge is 0.106 e. The lowest BCUT2D eigenvalue weighted by atomic mass is 10.1. The second kappa shape index (κ2) is 12.0. The zero-order valence-electron chi connectivity index (χ0n) is 7.84. The predicted octanol–water partition coefficient (Wildman–Crippen LogP) is 3.97. The lowest BCUT2D eigenvalue weighted by molar-refractivity contribution is 0.745. The highest BCUT2D eigenvalue weighted by atomic mass is 13.9. The van der Waals surface area contributed by atoms with Crippen molar-refractivity contribution in [1.82, 2.24) is 0 Å². The van der Waals surface area contributed by atoms with Crippen LogP contribution in [0.4, 0.5) is 0 Å². The quantitative estimate of drug-likeness (QED) is 0.535. The maximum atomic E-state index is 3.71. The molecule has 64 valence electrons. The topological polar surface area (TPSA) is 0 Å². The molecule has 0 heterocycles. The molecule has 0 heteroatoms. The van der Waals surface area contributed by atoms with Crippen molar-refractivity contribution < 1.29 is 0 Å². The second-order valence-electron chi connectivity index (χ2n) is 2.33. The van der Waals surface area contributed by atoms with Crippen LogP contribution < -0.4 is 0 Å². The minimum absolute atomic E-state index is 0.632. The van der Waals surface area contributed by atoms with Gasteiger partial charge in [0.25, 0.3) is 0 Å².